The molecule has 1 amide bonds. The summed E-state index contributed by atoms with van der Waals surface area (Å²) in [6, 6.07) is 8.72. The van der Waals surface area contributed by atoms with E-state index in [4.69, 9.17) is 32.9 Å². The number of halogens is 5. The van der Waals surface area contributed by atoms with Crippen LogP contribution in [-0.4, -0.2) is 57.6 Å². The molecule has 1 aliphatic heterocycles. The molecule has 0 bridgehead atoms. The predicted octanol–water partition coefficient (Wildman–Crippen LogP) is 7.25. The summed E-state index contributed by atoms with van der Waals surface area (Å²) in [5.74, 6) is -0.372. The van der Waals surface area contributed by atoms with Crippen LogP contribution in [0.3, 0.4) is 0 Å². The second kappa shape index (κ2) is 14.2. The number of rotatable bonds is 13. The van der Waals surface area contributed by atoms with E-state index in [0.29, 0.717) is 23.5 Å². The Balaban J connectivity index is 1.63. The second-order valence-corrected chi connectivity index (χ2v) is 19.1. The van der Waals surface area contributed by atoms with E-state index in [1.165, 1.54) is 17.4 Å². The Hall–Kier alpha value is -2.65. The molecule has 9 nitrogen and oxygen atoms in total. The lowest BCUT2D eigenvalue weighted by Gasteiger charge is -2.33. The van der Waals surface area contributed by atoms with Crippen molar-refractivity contribution in [2.75, 3.05) is 13.2 Å². The number of carbonyl (C=O) groups excluding carboxylic acids is 1. The predicted molar refractivity (Wildman–Crippen MR) is 167 cm³/mol. The van der Waals surface area contributed by atoms with E-state index >= 15 is 0 Å². The highest BCUT2D eigenvalue weighted by Gasteiger charge is 2.39. The summed E-state index contributed by atoms with van der Waals surface area (Å²) in [4.78, 5) is 29.1. The minimum Gasteiger partial charge on any atom is -0.494 e. The molecule has 0 radical (unpaired) electrons. The topological polar surface area (TPSA) is 91.5 Å². The normalized spacial score (nSPS) is 16.2. The molecule has 1 aromatic carbocycles. The van der Waals surface area contributed by atoms with Crippen LogP contribution in [0.4, 0.5) is 13.2 Å². The van der Waals surface area contributed by atoms with Crippen LogP contribution < -0.4 is 10.4 Å². The van der Waals surface area contributed by atoms with Crippen molar-refractivity contribution in [3.05, 3.63) is 61.2 Å². The summed E-state index contributed by atoms with van der Waals surface area (Å²) in [6.45, 7) is 8.92. The molecule has 0 N–H and O–H groups in total. The summed E-state index contributed by atoms with van der Waals surface area (Å²) < 4.78 is 51.5. The molecule has 2 aromatic heterocycles. The fourth-order valence-electron chi connectivity index (χ4n) is 4.50. The molecule has 4 rings (SSSR count). The van der Waals surface area contributed by atoms with Gasteiger partial charge in [-0.25, -0.2) is 9.21 Å². The molecule has 3 aromatic rings. The molecule has 0 unspecified atom stereocenters. The summed E-state index contributed by atoms with van der Waals surface area (Å²) in [5.41, 5.74) is 0.409. The maximum absolute atomic E-state index is 13.9. The molecule has 0 saturated heterocycles. The van der Waals surface area contributed by atoms with Gasteiger partial charge in [0.05, 0.1) is 12.6 Å². The van der Waals surface area contributed by atoms with Crippen LogP contribution in [0, 0.1) is 0 Å². The zero-order valence-electron chi connectivity index (χ0n) is 24.8. The molecular formula is C28H34Cl2F3N5O4SSi. The number of alkyl halides is 3. The van der Waals surface area contributed by atoms with Gasteiger partial charge in [-0.2, -0.15) is 22.5 Å². The minimum absolute atomic E-state index is 0.0140. The Morgan fingerprint density at radius 1 is 1.11 bits per heavy atom. The Kier molecular flexibility index (Phi) is 11.0. The number of carbonyl (C=O) groups is 1. The first-order valence-corrected chi connectivity index (χ1v) is 19.3. The average Bonchev–Trinajstić information content (AvgIpc) is 3.56. The van der Waals surface area contributed by atoms with Crippen molar-refractivity contribution in [2.24, 2.45) is 0 Å². The van der Waals surface area contributed by atoms with E-state index in [1.807, 2.05) is 19.1 Å². The monoisotopic (exact) mass is 691 g/mol. The van der Waals surface area contributed by atoms with Gasteiger partial charge in [0, 0.05) is 59.6 Å². The van der Waals surface area contributed by atoms with Crippen molar-refractivity contribution < 1.29 is 27.4 Å². The quantitative estimate of drug-likeness (QED) is 0.107. The van der Waals surface area contributed by atoms with E-state index in [1.54, 1.807) is 12.1 Å². The first-order valence-electron chi connectivity index (χ1n) is 14.1. The highest BCUT2D eigenvalue weighted by Crippen LogP contribution is 2.45. The van der Waals surface area contributed by atoms with E-state index in [-0.39, 0.29) is 36.9 Å². The first kappa shape index (κ1) is 34.2. The largest absolute Gasteiger partial charge is 0.494 e. The van der Waals surface area contributed by atoms with Gasteiger partial charge in [0.2, 0.25) is 0 Å². The third kappa shape index (κ3) is 8.53. The van der Waals surface area contributed by atoms with Gasteiger partial charge in [0.15, 0.2) is 0 Å². The van der Waals surface area contributed by atoms with Crippen LogP contribution in [0.2, 0.25) is 30.7 Å². The zero-order valence-corrected chi connectivity index (χ0v) is 28.1. The molecule has 1 atom stereocenters. The van der Waals surface area contributed by atoms with Gasteiger partial charge in [-0.15, -0.1) is 11.3 Å². The van der Waals surface area contributed by atoms with Gasteiger partial charge in [0.1, 0.15) is 18.2 Å². The van der Waals surface area contributed by atoms with Crippen molar-refractivity contribution in [2.45, 2.75) is 77.2 Å². The lowest BCUT2D eigenvalue weighted by atomic mass is 9.92. The molecule has 0 aliphatic carbocycles. The van der Waals surface area contributed by atoms with Crippen molar-refractivity contribution in [3.63, 3.8) is 0 Å². The molecule has 44 heavy (non-hydrogen) atoms. The summed E-state index contributed by atoms with van der Waals surface area (Å²) in [6.07, 6.45) is -4.42. The Morgan fingerprint density at radius 2 is 1.86 bits per heavy atom. The Morgan fingerprint density at radius 3 is 2.50 bits per heavy atom. The summed E-state index contributed by atoms with van der Waals surface area (Å²) in [5, 5.41) is 8.17. The SMILES string of the molecule is CCc1ccc(C2=C(n3nnn(COCC[Si](C)(C)C)c3=O)C(=O)N(Cl)[C@H](c3ccc(OCCCC(F)(F)F)cc3Cl)C2)s1. The highest BCUT2D eigenvalue weighted by molar-refractivity contribution is 7.13. The molecule has 240 valence electrons. The van der Waals surface area contributed by atoms with Gasteiger partial charge < -0.3 is 9.47 Å². The summed E-state index contributed by atoms with van der Waals surface area (Å²) in [7, 11) is -1.33. The van der Waals surface area contributed by atoms with Crippen LogP contribution in [0.1, 0.15) is 47.5 Å². The minimum atomic E-state index is -4.26. The second-order valence-electron chi connectivity index (χ2n) is 11.6. The van der Waals surface area contributed by atoms with Crippen LogP contribution in [0.15, 0.2) is 35.1 Å². The fourth-order valence-corrected chi connectivity index (χ4v) is 6.80. The van der Waals surface area contributed by atoms with E-state index in [0.717, 1.165) is 36.0 Å². The van der Waals surface area contributed by atoms with Crippen molar-refractivity contribution in [1.82, 2.24) is 24.2 Å². The van der Waals surface area contributed by atoms with Crippen molar-refractivity contribution in [1.29, 1.82) is 0 Å². The summed E-state index contributed by atoms with van der Waals surface area (Å²) >= 11 is 14.7. The van der Waals surface area contributed by atoms with Gasteiger partial charge in [-0.3, -0.25) is 4.79 Å². The molecule has 3 heterocycles. The molecule has 0 fully saturated rings. The molecule has 1 aliphatic rings. The fraction of sp³-hybridized carbons (Fsp3) is 0.500. The standard InChI is InChI=1S/C28H34Cl2F3N5O4SSi/c1-5-19-8-10-24(43-19)21-16-23(20-9-7-18(15-22(20)29)42-12-6-11-28(31,32)33)37(30)26(39)25(21)38-27(40)36(34-35-38)17-41-13-14-44(2,3)4/h7-10,15,23H,5-6,11-14,16-17H2,1-4H3/t23-/m0/s1. The van der Waals surface area contributed by atoms with E-state index in [9.17, 15) is 22.8 Å². The molecule has 16 heteroatoms. The lowest BCUT2D eigenvalue weighted by molar-refractivity contribution is -0.136. The Bertz CT molecular complexity index is 1570. The number of amides is 1. The smallest absolute Gasteiger partial charge is 0.389 e. The highest BCUT2D eigenvalue weighted by atomic mass is 35.5. The number of ether oxygens (including phenoxy) is 2. The zero-order chi connectivity index (χ0) is 32.2. The van der Waals surface area contributed by atoms with Crippen LogP contribution in [0.5, 0.6) is 5.75 Å². The third-order valence-electron chi connectivity index (χ3n) is 6.93. The van der Waals surface area contributed by atoms with Crippen molar-refractivity contribution in [3.8, 4) is 5.75 Å². The van der Waals surface area contributed by atoms with Gasteiger partial charge in [-0.05, 0) is 59.1 Å². The number of hydrogen-bond acceptors (Lipinski definition) is 7. The number of hydrogen-bond donors (Lipinski definition) is 0. The number of nitrogens with zero attached hydrogens (tertiary/aromatic N) is 5. The van der Waals surface area contributed by atoms with Gasteiger partial charge in [0.25, 0.3) is 5.91 Å². The van der Waals surface area contributed by atoms with Crippen LogP contribution >= 0.6 is 34.7 Å². The number of thiophene rings is 1. The number of aryl methyl sites for hydroxylation is 1. The number of aromatic nitrogens is 4. The number of tetrazole rings is 1. The molecule has 0 saturated carbocycles. The van der Waals surface area contributed by atoms with E-state index < -0.39 is 38.3 Å². The molecule has 0 spiro atoms. The molecular weight excluding hydrogens is 658 g/mol. The van der Waals surface area contributed by atoms with Gasteiger partial charge in [-0.1, -0.05) is 44.2 Å². The number of benzene rings is 1. The maximum Gasteiger partial charge on any atom is 0.389 e. The average molecular weight is 693 g/mol. The van der Waals surface area contributed by atoms with E-state index in [2.05, 4.69) is 30.1 Å². The third-order valence-corrected chi connectivity index (χ3v) is 10.6. The van der Waals surface area contributed by atoms with Crippen LogP contribution in [-0.2, 0) is 22.7 Å². The Labute approximate surface area is 268 Å². The maximum atomic E-state index is 13.9. The van der Waals surface area contributed by atoms with Gasteiger partial charge >= 0.3 is 11.9 Å². The lowest BCUT2D eigenvalue weighted by Crippen LogP contribution is -2.38. The van der Waals surface area contributed by atoms with Crippen LogP contribution in [0.25, 0.3) is 11.3 Å². The first-order chi connectivity index (χ1) is 20.7. The van der Waals surface area contributed by atoms with Crippen molar-refractivity contribution >= 4 is 60.0 Å².